The maximum absolute atomic E-state index is 11.5. The van der Waals surface area contributed by atoms with Crippen LogP contribution in [0.2, 0.25) is 0 Å². The Balaban J connectivity index is 0.000000170. The quantitative estimate of drug-likeness (QED) is 0.111. The fourth-order valence-electron chi connectivity index (χ4n) is 9.73. The van der Waals surface area contributed by atoms with E-state index in [-0.39, 0.29) is 22.7 Å². The second kappa shape index (κ2) is 18.1. The minimum absolute atomic E-state index is 0.0680. The van der Waals surface area contributed by atoms with Gasteiger partial charge in [0.1, 0.15) is 22.6 Å². The first-order chi connectivity index (χ1) is 32.6. The van der Waals surface area contributed by atoms with E-state index in [1.165, 1.54) is 46.5 Å². The lowest BCUT2D eigenvalue weighted by Gasteiger charge is -2.52. The van der Waals surface area contributed by atoms with Gasteiger partial charge < -0.3 is 18.9 Å². The molecule has 4 aromatic carbocycles. The summed E-state index contributed by atoms with van der Waals surface area (Å²) in [6, 6.07) is 23.7. The van der Waals surface area contributed by atoms with Crippen LogP contribution >= 0.6 is 0 Å². The first-order valence-electron chi connectivity index (χ1n) is 22.3. The number of aryl methyl sites for hydroxylation is 2. The number of hydrogen-bond acceptors (Lipinski definition) is 16. The SMILES string of the molecule is Cc1ccc(C2CC3(C2)O[C@@]2(C=C/C3=N\Nc3ccc([N+](=O)[O-])cc3[N+](=O)[O-])CCCO2)cc1.Cc1ccc(C2CC3(C2)O[C@]2(C=C/C3=N\Nc3ccc([N+](=O)[O-])cc3[N+](=O)[O-])CCCO2)cc1. The molecule has 0 amide bonds. The third-order valence-corrected chi connectivity index (χ3v) is 13.5. The van der Waals surface area contributed by atoms with E-state index in [0.717, 1.165) is 37.8 Å². The fraction of sp³-hybridized carbons (Fsp3) is 0.375. The third-order valence-electron chi connectivity index (χ3n) is 13.5. The zero-order valence-corrected chi connectivity index (χ0v) is 37.2. The first-order valence-corrected chi connectivity index (χ1v) is 22.3. The molecule has 0 unspecified atom stereocenters. The molecule has 2 atom stereocenters. The molecule has 4 aliphatic heterocycles. The minimum atomic E-state index is -0.767. The molecule has 4 spiro atoms. The van der Waals surface area contributed by atoms with Crippen LogP contribution in [-0.2, 0) is 18.9 Å². The van der Waals surface area contributed by atoms with Gasteiger partial charge in [0.15, 0.2) is 11.6 Å². The van der Waals surface area contributed by atoms with Crippen molar-refractivity contribution in [2.45, 2.75) is 99.8 Å². The van der Waals surface area contributed by atoms with Gasteiger partial charge in [-0.2, -0.15) is 10.2 Å². The lowest BCUT2D eigenvalue weighted by molar-refractivity contribution is -0.393. The van der Waals surface area contributed by atoms with Gasteiger partial charge >= 0.3 is 11.4 Å². The van der Waals surface area contributed by atoms with E-state index in [2.05, 4.69) is 83.4 Å². The summed E-state index contributed by atoms with van der Waals surface area (Å²) in [5.74, 6) is -0.943. The monoisotopic (exact) mass is 928 g/mol. The molecule has 0 radical (unpaired) electrons. The molecule has 4 heterocycles. The number of nitro benzene ring substituents is 4. The van der Waals surface area contributed by atoms with E-state index in [0.29, 0.717) is 62.2 Å². The molecular weight excluding hydrogens is 881 g/mol. The number of anilines is 2. The Hall–Kier alpha value is -7.26. The van der Waals surface area contributed by atoms with E-state index in [9.17, 15) is 40.5 Å². The van der Waals surface area contributed by atoms with Crippen molar-refractivity contribution < 1.29 is 38.6 Å². The number of nitrogens with one attached hydrogen (secondary N) is 2. The molecule has 2 aliphatic carbocycles. The van der Waals surface area contributed by atoms with Gasteiger partial charge in [-0.25, -0.2) is 0 Å². The first kappa shape index (κ1) is 45.9. The highest BCUT2D eigenvalue weighted by Crippen LogP contribution is 2.55. The zero-order valence-electron chi connectivity index (χ0n) is 37.2. The minimum Gasteiger partial charge on any atom is -0.346 e. The highest BCUT2D eigenvalue weighted by molar-refractivity contribution is 6.05. The van der Waals surface area contributed by atoms with Gasteiger partial charge in [0.2, 0.25) is 0 Å². The molecule has 20 heteroatoms. The molecule has 10 rings (SSSR count). The van der Waals surface area contributed by atoms with Gasteiger partial charge in [0.05, 0.1) is 56.5 Å². The molecule has 20 nitrogen and oxygen atoms in total. The maximum Gasteiger partial charge on any atom is 0.301 e. The highest BCUT2D eigenvalue weighted by Gasteiger charge is 2.58. The Bertz CT molecular complexity index is 2580. The lowest BCUT2D eigenvalue weighted by Crippen LogP contribution is -2.58. The summed E-state index contributed by atoms with van der Waals surface area (Å²) in [5, 5.41) is 53.9. The van der Waals surface area contributed by atoms with Crippen molar-refractivity contribution in [3.05, 3.63) is 172 Å². The summed E-state index contributed by atoms with van der Waals surface area (Å²) in [7, 11) is 0. The summed E-state index contributed by atoms with van der Waals surface area (Å²) in [6.07, 6.45) is 13.6. The van der Waals surface area contributed by atoms with Gasteiger partial charge in [-0.3, -0.25) is 51.3 Å². The Morgan fingerprint density at radius 2 is 0.926 bits per heavy atom. The Morgan fingerprint density at radius 3 is 1.25 bits per heavy atom. The van der Waals surface area contributed by atoms with Crippen LogP contribution in [0.25, 0.3) is 0 Å². The van der Waals surface area contributed by atoms with Crippen LogP contribution in [0, 0.1) is 54.3 Å². The number of nitrogens with zero attached hydrogens (tertiary/aromatic N) is 6. The van der Waals surface area contributed by atoms with Crippen LogP contribution in [0.3, 0.4) is 0 Å². The van der Waals surface area contributed by atoms with Crippen LogP contribution in [0.5, 0.6) is 0 Å². The smallest absolute Gasteiger partial charge is 0.301 e. The molecule has 2 N–H and O–H groups in total. The molecule has 2 saturated carbocycles. The molecule has 68 heavy (non-hydrogen) atoms. The molecule has 0 bridgehead atoms. The summed E-state index contributed by atoms with van der Waals surface area (Å²) >= 11 is 0. The highest BCUT2D eigenvalue weighted by atomic mass is 16.7. The number of non-ortho nitro benzene ring substituents is 2. The van der Waals surface area contributed by atoms with E-state index >= 15 is 0 Å². The van der Waals surface area contributed by atoms with E-state index < -0.39 is 53.8 Å². The summed E-state index contributed by atoms with van der Waals surface area (Å²) in [6.45, 7) is 5.36. The summed E-state index contributed by atoms with van der Waals surface area (Å²) < 4.78 is 25.0. The number of hydrazone groups is 2. The third kappa shape index (κ3) is 9.09. The largest absolute Gasteiger partial charge is 0.346 e. The Labute approximate surface area is 389 Å². The topological polar surface area (TPSA) is 258 Å². The van der Waals surface area contributed by atoms with Gasteiger partial charge in [0.25, 0.3) is 11.4 Å². The average Bonchev–Trinajstić information content (AvgIpc) is 3.96. The average molecular weight is 929 g/mol. The van der Waals surface area contributed by atoms with E-state index in [1.807, 2.05) is 24.3 Å². The predicted molar refractivity (Wildman–Crippen MR) is 250 cm³/mol. The van der Waals surface area contributed by atoms with Crippen molar-refractivity contribution in [2.24, 2.45) is 10.2 Å². The second-order valence-electron chi connectivity index (χ2n) is 18.1. The fourth-order valence-corrected chi connectivity index (χ4v) is 9.73. The van der Waals surface area contributed by atoms with Crippen molar-refractivity contribution in [3.63, 3.8) is 0 Å². The zero-order chi connectivity index (χ0) is 47.8. The van der Waals surface area contributed by atoms with Crippen molar-refractivity contribution in [1.82, 2.24) is 0 Å². The number of rotatable bonds is 10. The van der Waals surface area contributed by atoms with Gasteiger partial charge in [-0.15, -0.1) is 0 Å². The van der Waals surface area contributed by atoms with Gasteiger partial charge in [0, 0.05) is 25.0 Å². The normalized spacial score (nSPS) is 28.9. The molecule has 6 aliphatic rings. The molecular formula is C48H48N8O12. The number of hydrogen-bond donors (Lipinski definition) is 2. The van der Waals surface area contributed by atoms with Crippen molar-refractivity contribution in [2.75, 3.05) is 24.1 Å². The van der Waals surface area contributed by atoms with Crippen molar-refractivity contribution in [3.8, 4) is 0 Å². The molecule has 4 fully saturated rings. The maximum atomic E-state index is 11.5. The Kier molecular flexibility index (Phi) is 12.2. The molecule has 0 aromatic heterocycles. The summed E-state index contributed by atoms with van der Waals surface area (Å²) in [4.78, 5) is 42.3. The second-order valence-corrected chi connectivity index (χ2v) is 18.1. The van der Waals surface area contributed by atoms with Crippen LogP contribution in [0.4, 0.5) is 34.1 Å². The number of ether oxygens (including phenoxy) is 4. The van der Waals surface area contributed by atoms with Crippen molar-refractivity contribution >= 4 is 45.5 Å². The molecule has 4 aromatic rings. The van der Waals surface area contributed by atoms with Crippen LogP contribution in [-0.4, -0.2) is 67.1 Å². The van der Waals surface area contributed by atoms with Crippen LogP contribution in [0.15, 0.2) is 119 Å². The molecule has 352 valence electrons. The number of benzene rings is 4. The standard InChI is InChI=1S/2C24H24N4O6/c2*1-16-3-5-17(6-4-16)18-14-23(15-18)22(9-11-24(34-23)10-2-12-33-24)26-25-20-8-7-19(27(29)30)13-21(20)28(31)32/h2*3-9,11,13,18,25H,2,10,12,14-15H2,1H3/b2*26-22+/t2*18?,23?,24-/m10/s1. The molecule has 2 saturated heterocycles. The Morgan fingerprint density at radius 1 is 0.544 bits per heavy atom. The van der Waals surface area contributed by atoms with Crippen molar-refractivity contribution in [1.29, 1.82) is 0 Å². The summed E-state index contributed by atoms with van der Waals surface area (Å²) in [5.41, 5.74) is 8.79. The predicted octanol–water partition coefficient (Wildman–Crippen LogP) is 9.98. The van der Waals surface area contributed by atoms with E-state index in [4.69, 9.17) is 18.9 Å². The van der Waals surface area contributed by atoms with Crippen LogP contribution < -0.4 is 10.9 Å². The number of nitro groups is 4. The lowest BCUT2D eigenvalue weighted by atomic mass is 9.64. The van der Waals surface area contributed by atoms with Gasteiger partial charge in [-0.05, 0) is 112 Å². The van der Waals surface area contributed by atoms with E-state index in [1.54, 1.807) is 0 Å². The van der Waals surface area contributed by atoms with Crippen LogP contribution in [0.1, 0.15) is 85.5 Å². The van der Waals surface area contributed by atoms with Gasteiger partial charge in [-0.1, -0.05) is 59.7 Å².